The number of ketones is 1. The quantitative estimate of drug-likeness (QED) is 0.568. The number of Topliss-reactive ketones (excluding diaryl/α,β-unsaturated/α-hetero) is 1. The summed E-state index contributed by atoms with van der Waals surface area (Å²) in [7, 11) is 1.77. The van der Waals surface area contributed by atoms with Crippen LogP contribution < -0.4 is 11.1 Å². The Balaban J connectivity index is 1.58. The highest BCUT2D eigenvalue weighted by Gasteiger charge is 2.39. The fourth-order valence-corrected chi connectivity index (χ4v) is 5.92. The van der Waals surface area contributed by atoms with Crippen molar-refractivity contribution in [2.45, 2.75) is 76.9 Å². The molecule has 0 radical (unpaired) electrons. The van der Waals surface area contributed by atoms with Gasteiger partial charge in [-0.1, -0.05) is 19.3 Å². The van der Waals surface area contributed by atoms with Crippen LogP contribution in [0.3, 0.4) is 0 Å². The predicted molar refractivity (Wildman–Crippen MR) is 133 cm³/mol. The molecule has 2 amide bonds. The molecule has 35 heavy (non-hydrogen) atoms. The summed E-state index contributed by atoms with van der Waals surface area (Å²) < 4.78 is 15.8. The largest absolute Gasteiger partial charge is 0.366 e. The van der Waals surface area contributed by atoms with Crippen LogP contribution in [0.2, 0.25) is 0 Å². The zero-order valence-electron chi connectivity index (χ0n) is 20.8. The fourth-order valence-electron chi connectivity index (χ4n) is 5.92. The van der Waals surface area contributed by atoms with Gasteiger partial charge in [-0.2, -0.15) is 0 Å². The number of hydrogen-bond donors (Lipinski definition) is 2. The Kier molecular flexibility index (Phi) is 7.89. The highest BCUT2D eigenvalue weighted by Crippen LogP contribution is 2.35. The van der Waals surface area contributed by atoms with Crippen molar-refractivity contribution in [3.63, 3.8) is 0 Å². The van der Waals surface area contributed by atoms with Crippen LogP contribution in [0, 0.1) is 17.7 Å². The van der Waals surface area contributed by atoms with E-state index in [1.807, 2.05) is 16.4 Å². The molecule has 1 saturated heterocycles. The maximum atomic E-state index is 13.9. The number of carbonyl (C=O) groups excluding carboxylic acids is 3. The molecular formula is C27H37FN4O3. The number of halogens is 1. The number of primary amides is 1. The first-order chi connectivity index (χ1) is 16.8. The Morgan fingerprint density at radius 2 is 1.89 bits per heavy atom. The van der Waals surface area contributed by atoms with E-state index in [1.165, 1.54) is 18.6 Å². The summed E-state index contributed by atoms with van der Waals surface area (Å²) in [5.41, 5.74) is 6.56. The zero-order chi connectivity index (χ0) is 25.1. The van der Waals surface area contributed by atoms with E-state index in [0.717, 1.165) is 44.0 Å². The minimum atomic E-state index is -0.603. The number of benzene rings is 1. The molecule has 3 unspecified atom stereocenters. The second-order valence-corrected chi connectivity index (χ2v) is 10.2. The third-order valence-corrected chi connectivity index (χ3v) is 8.05. The number of nitrogens with one attached hydrogen (secondary N) is 1. The van der Waals surface area contributed by atoms with Gasteiger partial charge in [0.25, 0.3) is 5.91 Å². The molecular weight excluding hydrogens is 447 g/mol. The highest BCUT2D eigenvalue weighted by atomic mass is 19.1. The second-order valence-electron chi connectivity index (χ2n) is 10.2. The molecule has 3 N–H and O–H groups in total. The first kappa shape index (κ1) is 25.4. The van der Waals surface area contributed by atoms with E-state index in [9.17, 15) is 18.8 Å². The third-order valence-electron chi connectivity index (χ3n) is 8.05. The van der Waals surface area contributed by atoms with Crippen molar-refractivity contribution < 1.29 is 18.8 Å². The molecule has 0 spiro atoms. The van der Waals surface area contributed by atoms with Gasteiger partial charge in [-0.15, -0.1) is 0 Å². The summed E-state index contributed by atoms with van der Waals surface area (Å²) >= 11 is 0. The number of likely N-dealkylation sites (N-methyl/N-ethyl adjacent to an activating group) is 1. The minimum absolute atomic E-state index is 0.0493. The molecule has 1 aromatic heterocycles. The van der Waals surface area contributed by atoms with E-state index >= 15 is 0 Å². The van der Waals surface area contributed by atoms with Crippen LogP contribution in [-0.2, 0) is 16.1 Å². The SMILES string of the molecule is CNC(C)C(=O)CC(C(=O)N1CCCC1Cn1cc(C(N)=O)c2cc(F)ccc21)C1CCCCC1. The summed E-state index contributed by atoms with van der Waals surface area (Å²) in [4.78, 5) is 40.7. The Morgan fingerprint density at radius 3 is 2.57 bits per heavy atom. The maximum absolute atomic E-state index is 13.9. The van der Waals surface area contributed by atoms with Crippen molar-refractivity contribution in [3.8, 4) is 0 Å². The van der Waals surface area contributed by atoms with Gasteiger partial charge >= 0.3 is 0 Å². The van der Waals surface area contributed by atoms with Gasteiger partial charge in [0.15, 0.2) is 0 Å². The van der Waals surface area contributed by atoms with Gasteiger partial charge < -0.3 is 20.5 Å². The van der Waals surface area contributed by atoms with Crippen LogP contribution in [0.1, 0.15) is 68.6 Å². The van der Waals surface area contributed by atoms with Crippen molar-refractivity contribution in [1.82, 2.24) is 14.8 Å². The molecule has 8 heteroatoms. The lowest BCUT2D eigenvalue weighted by Crippen LogP contribution is -2.45. The lowest BCUT2D eigenvalue weighted by atomic mass is 9.76. The van der Waals surface area contributed by atoms with Gasteiger partial charge in [0.05, 0.1) is 11.6 Å². The molecule has 2 aliphatic rings. The summed E-state index contributed by atoms with van der Waals surface area (Å²) in [6.45, 7) is 3.01. The second kappa shape index (κ2) is 10.9. The number of nitrogens with zero attached hydrogens (tertiary/aromatic N) is 2. The average molecular weight is 485 g/mol. The van der Waals surface area contributed by atoms with Gasteiger partial charge in [-0.05, 0) is 63.8 Å². The lowest BCUT2D eigenvalue weighted by molar-refractivity contribution is -0.141. The van der Waals surface area contributed by atoms with Crippen molar-refractivity contribution in [3.05, 3.63) is 35.8 Å². The number of carbonyl (C=O) groups is 3. The van der Waals surface area contributed by atoms with Crippen LogP contribution in [-0.4, -0.2) is 52.7 Å². The standard InChI is InChI=1S/C27H37FN4O3/c1-17(30-2)25(33)14-21(18-7-4-3-5-8-18)27(35)32-12-6-9-20(32)15-31-16-23(26(29)34)22-13-19(28)10-11-24(22)31/h10-11,13,16-18,20-21,30H,3-9,12,14-15H2,1-2H3,(H2,29,34). The van der Waals surface area contributed by atoms with Crippen molar-refractivity contribution in [1.29, 1.82) is 0 Å². The van der Waals surface area contributed by atoms with E-state index < -0.39 is 11.7 Å². The lowest BCUT2D eigenvalue weighted by Gasteiger charge is -2.35. The maximum Gasteiger partial charge on any atom is 0.250 e. The van der Waals surface area contributed by atoms with Gasteiger partial charge in [-0.3, -0.25) is 14.4 Å². The van der Waals surface area contributed by atoms with Crippen LogP contribution >= 0.6 is 0 Å². The van der Waals surface area contributed by atoms with Crippen molar-refractivity contribution in [2.75, 3.05) is 13.6 Å². The normalized spacial score (nSPS) is 20.8. The molecule has 1 aliphatic heterocycles. The Hall–Kier alpha value is -2.74. The molecule has 2 heterocycles. The van der Waals surface area contributed by atoms with Crippen LogP contribution in [0.15, 0.2) is 24.4 Å². The molecule has 3 atom stereocenters. The van der Waals surface area contributed by atoms with Crippen LogP contribution in [0.5, 0.6) is 0 Å². The van der Waals surface area contributed by atoms with Crippen LogP contribution in [0.4, 0.5) is 4.39 Å². The zero-order valence-corrected chi connectivity index (χ0v) is 20.8. The summed E-state index contributed by atoms with van der Waals surface area (Å²) in [6, 6.07) is 4.03. The number of aromatic nitrogens is 1. The molecule has 4 rings (SSSR count). The number of rotatable bonds is 9. The van der Waals surface area contributed by atoms with E-state index in [1.54, 1.807) is 19.3 Å². The molecule has 190 valence electrons. The van der Waals surface area contributed by atoms with Crippen molar-refractivity contribution in [2.24, 2.45) is 17.6 Å². The third kappa shape index (κ3) is 5.42. The highest BCUT2D eigenvalue weighted by molar-refractivity contribution is 6.06. The Bertz CT molecular complexity index is 1090. The smallest absolute Gasteiger partial charge is 0.250 e. The van der Waals surface area contributed by atoms with Gasteiger partial charge in [0.2, 0.25) is 5.91 Å². The molecule has 1 saturated carbocycles. The minimum Gasteiger partial charge on any atom is -0.366 e. The Labute approximate surface area is 206 Å². The molecule has 2 fully saturated rings. The molecule has 2 aromatic rings. The molecule has 0 bridgehead atoms. The van der Waals surface area contributed by atoms with E-state index in [0.29, 0.717) is 18.5 Å². The van der Waals surface area contributed by atoms with Gasteiger partial charge in [0.1, 0.15) is 11.6 Å². The topological polar surface area (TPSA) is 97.4 Å². The van der Waals surface area contributed by atoms with Gasteiger partial charge in [0, 0.05) is 48.6 Å². The molecule has 7 nitrogen and oxygen atoms in total. The predicted octanol–water partition coefficient (Wildman–Crippen LogP) is 3.63. The summed E-state index contributed by atoms with van der Waals surface area (Å²) in [6.07, 6.45) is 9.06. The van der Waals surface area contributed by atoms with Crippen LogP contribution in [0.25, 0.3) is 10.9 Å². The molecule has 1 aliphatic carbocycles. The van der Waals surface area contributed by atoms with E-state index in [4.69, 9.17) is 5.73 Å². The number of likely N-dealkylation sites (tertiary alicyclic amines) is 1. The number of fused-ring (bicyclic) bond motifs is 1. The van der Waals surface area contributed by atoms with E-state index in [-0.39, 0.29) is 47.6 Å². The number of nitrogens with two attached hydrogens (primary N) is 1. The van der Waals surface area contributed by atoms with Crippen molar-refractivity contribution >= 4 is 28.5 Å². The average Bonchev–Trinajstić information content (AvgIpc) is 3.46. The number of amides is 2. The summed E-state index contributed by atoms with van der Waals surface area (Å²) in [5, 5.41) is 3.50. The van der Waals surface area contributed by atoms with Gasteiger partial charge in [-0.25, -0.2) is 4.39 Å². The first-order valence-corrected chi connectivity index (χ1v) is 12.9. The molecule has 1 aromatic carbocycles. The Morgan fingerprint density at radius 1 is 1.14 bits per heavy atom. The first-order valence-electron chi connectivity index (χ1n) is 12.9. The number of hydrogen-bond acceptors (Lipinski definition) is 4. The fraction of sp³-hybridized carbons (Fsp3) is 0.593. The monoisotopic (exact) mass is 484 g/mol. The van der Waals surface area contributed by atoms with E-state index in [2.05, 4.69) is 5.32 Å². The summed E-state index contributed by atoms with van der Waals surface area (Å²) in [5.74, 6) is -0.928.